The van der Waals surface area contributed by atoms with Crippen molar-refractivity contribution in [2.45, 2.75) is 45.2 Å². The predicted molar refractivity (Wildman–Crippen MR) is 109 cm³/mol. The molecule has 2 N–H and O–H groups in total. The van der Waals surface area contributed by atoms with Crippen molar-refractivity contribution >= 4 is 11.8 Å². The molecule has 2 aromatic carbocycles. The number of amides is 2. The summed E-state index contributed by atoms with van der Waals surface area (Å²) in [6.45, 7) is 2.60. The van der Waals surface area contributed by atoms with Crippen LogP contribution in [-0.2, 0) is 11.3 Å². The van der Waals surface area contributed by atoms with Gasteiger partial charge in [0.05, 0.1) is 0 Å². The van der Waals surface area contributed by atoms with Crippen LogP contribution in [0.25, 0.3) is 0 Å². The van der Waals surface area contributed by atoms with Crippen LogP contribution in [0.5, 0.6) is 5.75 Å². The Bertz CT molecular complexity index is 791. The number of rotatable bonds is 7. The van der Waals surface area contributed by atoms with Gasteiger partial charge in [0.15, 0.2) is 6.61 Å². The van der Waals surface area contributed by atoms with Crippen molar-refractivity contribution in [2.75, 3.05) is 6.61 Å². The fourth-order valence-electron chi connectivity index (χ4n) is 3.54. The van der Waals surface area contributed by atoms with E-state index in [1.807, 2.05) is 30.3 Å². The maximum Gasteiger partial charge on any atom is 0.258 e. The van der Waals surface area contributed by atoms with Crippen LogP contribution in [0.15, 0.2) is 54.6 Å². The highest BCUT2D eigenvalue weighted by Gasteiger charge is 2.22. The summed E-state index contributed by atoms with van der Waals surface area (Å²) < 4.78 is 5.61. The molecule has 3 rings (SSSR count). The molecule has 0 radical (unpaired) electrons. The number of nitrogens with one attached hydrogen (secondary N) is 2. The minimum absolute atomic E-state index is 0.0433. The van der Waals surface area contributed by atoms with E-state index >= 15 is 0 Å². The maximum absolute atomic E-state index is 12.4. The van der Waals surface area contributed by atoms with Gasteiger partial charge in [-0.25, -0.2) is 0 Å². The first-order valence-electron chi connectivity index (χ1n) is 9.96. The van der Waals surface area contributed by atoms with Gasteiger partial charge in [-0.15, -0.1) is 0 Å². The van der Waals surface area contributed by atoms with Crippen molar-refractivity contribution in [2.24, 2.45) is 5.92 Å². The predicted octanol–water partition coefficient (Wildman–Crippen LogP) is 3.69. The lowest BCUT2D eigenvalue weighted by Crippen LogP contribution is -2.43. The largest absolute Gasteiger partial charge is 0.484 e. The summed E-state index contributed by atoms with van der Waals surface area (Å²) in [5.41, 5.74) is 1.55. The van der Waals surface area contributed by atoms with Crippen molar-refractivity contribution < 1.29 is 14.3 Å². The van der Waals surface area contributed by atoms with E-state index in [0.29, 0.717) is 23.8 Å². The second kappa shape index (κ2) is 9.93. The quantitative estimate of drug-likeness (QED) is 0.770. The Morgan fingerprint density at radius 3 is 2.61 bits per heavy atom. The van der Waals surface area contributed by atoms with Crippen LogP contribution in [0.2, 0.25) is 0 Å². The van der Waals surface area contributed by atoms with Crippen molar-refractivity contribution in [3.63, 3.8) is 0 Å². The molecule has 1 aliphatic rings. The number of carbonyl (C=O) groups is 2. The second-order valence-electron chi connectivity index (χ2n) is 7.42. The van der Waals surface area contributed by atoms with Gasteiger partial charge in [0.1, 0.15) is 5.75 Å². The molecule has 0 spiro atoms. The van der Waals surface area contributed by atoms with E-state index in [0.717, 1.165) is 24.8 Å². The van der Waals surface area contributed by atoms with Gasteiger partial charge in [0, 0.05) is 18.2 Å². The number of hydrogen-bond donors (Lipinski definition) is 2. The van der Waals surface area contributed by atoms with Gasteiger partial charge in [-0.2, -0.15) is 0 Å². The van der Waals surface area contributed by atoms with Crippen molar-refractivity contribution in [1.29, 1.82) is 0 Å². The average Bonchev–Trinajstić information content (AvgIpc) is 2.73. The van der Waals surface area contributed by atoms with Crippen molar-refractivity contribution in [3.8, 4) is 5.75 Å². The molecule has 5 nitrogen and oxygen atoms in total. The molecule has 1 saturated carbocycles. The standard InChI is InChI=1S/C23H28N2O3/c1-17-8-5-6-13-21(17)25-22(26)16-28-20-12-7-11-19(14-20)23(27)24-15-18-9-3-2-4-10-18/h2-4,7,9-12,14,17,21H,5-6,8,13,15-16H2,1H3,(H,24,27)(H,25,26)/t17-,21-/m0/s1. The lowest BCUT2D eigenvalue weighted by atomic mass is 9.86. The Morgan fingerprint density at radius 2 is 1.82 bits per heavy atom. The molecule has 2 amide bonds. The van der Waals surface area contributed by atoms with E-state index in [-0.39, 0.29) is 24.5 Å². The Morgan fingerprint density at radius 1 is 1.04 bits per heavy atom. The minimum Gasteiger partial charge on any atom is -0.484 e. The molecule has 2 atom stereocenters. The Labute approximate surface area is 166 Å². The molecule has 0 heterocycles. The van der Waals surface area contributed by atoms with E-state index in [9.17, 15) is 9.59 Å². The Balaban J connectivity index is 1.48. The summed E-state index contributed by atoms with van der Waals surface area (Å²) in [6.07, 6.45) is 4.59. The monoisotopic (exact) mass is 380 g/mol. The van der Waals surface area contributed by atoms with Crippen LogP contribution < -0.4 is 15.4 Å². The first kappa shape index (κ1) is 19.9. The lowest BCUT2D eigenvalue weighted by Gasteiger charge is -2.29. The average molecular weight is 380 g/mol. The molecule has 0 saturated heterocycles. The van der Waals surface area contributed by atoms with E-state index in [2.05, 4.69) is 17.6 Å². The zero-order valence-electron chi connectivity index (χ0n) is 16.3. The third-order valence-electron chi connectivity index (χ3n) is 5.22. The lowest BCUT2D eigenvalue weighted by molar-refractivity contribution is -0.124. The van der Waals surface area contributed by atoms with Crippen molar-refractivity contribution in [3.05, 3.63) is 65.7 Å². The molecule has 0 bridgehead atoms. The summed E-state index contributed by atoms with van der Waals surface area (Å²) in [6, 6.07) is 16.9. The zero-order valence-corrected chi connectivity index (χ0v) is 16.3. The van der Waals surface area contributed by atoms with Gasteiger partial charge in [-0.05, 0) is 42.5 Å². The highest BCUT2D eigenvalue weighted by atomic mass is 16.5. The second-order valence-corrected chi connectivity index (χ2v) is 7.42. The van der Waals surface area contributed by atoms with E-state index in [1.165, 1.54) is 6.42 Å². The fourth-order valence-corrected chi connectivity index (χ4v) is 3.54. The SMILES string of the molecule is C[C@H]1CCCC[C@@H]1NC(=O)COc1cccc(C(=O)NCc2ccccc2)c1. The zero-order chi connectivity index (χ0) is 19.8. The van der Waals surface area contributed by atoms with Gasteiger partial charge in [-0.1, -0.05) is 56.2 Å². The van der Waals surface area contributed by atoms with Gasteiger partial charge < -0.3 is 15.4 Å². The highest BCUT2D eigenvalue weighted by molar-refractivity contribution is 5.94. The molecule has 0 aromatic heterocycles. The summed E-state index contributed by atoms with van der Waals surface area (Å²) >= 11 is 0. The highest BCUT2D eigenvalue weighted by Crippen LogP contribution is 2.23. The molecule has 0 unspecified atom stereocenters. The van der Waals surface area contributed by atoms with Gasteiger partial charge in [-0.3, -0.25) is 9.59 Å². The molecule has 1 aliphatic carbocycles. The summed E-state index contributed by atoms with van der Waals surface area (Å²) in [7, 11) is 0. The molecule has 5 heteroatoms. The van der Waals surface area contributed by atoms with E-state index in [1.54, 1.807) is 24.3 Å². The first-order valence-corrected chi connectivity index (χ1v) is 9.96. The Hall–Kier alpha value is -2.82. The third kappa shape index (κ3) is 5.84. The minimum atomic E-state index is -0.171. The molecule has 2 aromatic rings. The first-order chi connectivity index (χ1) is 13.6. The number of ether oxygens (including phenoxy) is 1. The van der Waals surface area contributed by atoms with Crippen LogP contribution in [0.4, 0.5) is 0 Å². The van der Waals surface area contributed by atoms with Crippen molar-refractivity contribution in [1.82, 2.24) is 10.6 Å². The van der Waals surface area contributed by atoms with Crippen LogP contribution >= 0.6 is 0 Å². The molecule has 148 valence electrons. The van der Waals surface area contributed by atoms with Crippen LogP contribution in [0.1, 0.15) is 48.5 Å². The normalized spacial score (nSPS) is 18.9. The molecule has 0 aliphatic heterocycles. The van der Waals surface area contributed by atoms with Crippen LogP contribution in [-0.4, -0.2) is 24.5 Å². The molecular weight excluding hydrogens is 352 g/mol. The van der Waals surface area contributed by atoms with Crippen LogP contribution in [0, 0.1) is 5.92 Å². The fraction of sp³-hybridized carbons (Fsp3) is 0.391. The number of hydrogen-bond acceptors (Lipinski definition) is 3. The number of carbonyl (C=O) groups excluding carboxylic acids is 2. The number of benzene rings is 2. The third-order valence-corrected chi connectivity index (χ3v) is 5.22. The topological polar surface area (TPSA) is 67.4 Å². The van der Waals surface area contributed by atoms with E-state index < -0.39 is 0 Å². The maximum atomic E-state index is 12.4. The summed E-state index contributed by atoms with van der Waals surface area (Å²) in [5, 5.41) is 5.96. The van der Waals surface area contributed by atoms with Gasteiger partial charge in [0.2, 0.25) is 0 Å². The van der Waals surface area contributed by atoms with Crippen LogP contribution in [0.3, 0.4) is 0 Å². The summed E-state index contributed by atoms with van der Waals surface area (Å²) in [4.78, 5) is 24.6. The summed E-state index contributed by atoms with van der Waals surface area (Å²) in [5.74, 6) is 0.737. The molecule has 28 heavy (non-hydrogen) atoms. The molecular formula is C23H28N2O3. The Kier molecular flexibility index (Phi) is 7.06. The van der Waals surface area contributed by atoms with Gasteiger partial charge >= 0.3 is 0 Å². The van der Waals surface area contributed by atoms with E-state index in [4.69, 9.17) is 4.74 Å². The smallest absolute Gasteiger partial charge is 0.258 e. The molecule has 1 fully saturated rings. The van der Waals surface area contributed by atoms with Gasteiger partial charge in [0.25, 0.3) is 11.8 Å².